The fourth-order valence-electron chi connectivity index (χ4n) is 1.86. The van der Waals surface area contributed by atoms with Crippen LogP contribution in [0.5, 0.6) is 0 Å². The smallest absolute Gasteiger partial charge is 0.326 e. The van der Waals surface area contributed by atoms with E-state index in [0.717, 1.165) is 0 Å². The molecule has 8 N–H and O–H groups in total. The van der Waals surface area contributed by atoms with E-state index in [1.165, 1.54) is 0 Å². The molecule has 0 saturated heterocycles. The van der Waals surface area contributed by atoms with Crippen LogP contribution in [0.25, 0.3) is 0 Å². The zero-order chi connectivity index (χ0) is 22.7. The summed E-state index contributed by atoms with van der Waals surface area (Å²) in [4.78, 5) is 69.0. The number of thiol groups is 2. The first kappa shape index (κ1) is 26.5. The van der Waals surface area contributed by atoms with Crippen molar-refractivity contribution in [1.29, 1.82) is 0 Å². The van der Waals surface area contributed by atoms with Crippen LogP contribution in [0.15, 0.2) is 0 Å². The van der Waals surface area contributed by atoms with Gasteiger partial charge in [-0.1, -0.05) is 0 Å². The lowest BCUT2D eigenvalue weighted by Gasteiger charge is -2.23. The number of carboxylic acid groups (broad SMARTS) is 3. The van der Waals surface area contributed by atoms with Gasteiger partial charge in [-0.3, -0.25) is 24.0 Å². The molecule has 164 valence electrons. The summed E-state index contributed by atoms with van der Waals surface area (Å²) in [7, 11) is 0. The zero-order valence-corrected chi connectivity index (χ0v) is 16.7. The van der Waals surface area contributed by atoms with Gasteiger partial charge in [-0.15, -0.1) is 0 Å². The molecule has 0 saturated carbocycles. The Hall–Kier alpha value is -2.52. The highest BCUT2D eigenvalue weighted by Crippen LogP contribution is 2.00. The van der Waals surface area contributed by atoms with Gasteiger partial charge >= 0.3 is 17.9 Å². The molecule has 0 rings (SSSR count). The lowest BCUT2D eigenvalue weighted by molar-refractivity contribution is -0.147. The number of hydrogen-bond acceptors (Lipinski definition) is 9. The molecule has 3 amide bonds. The molecule has 0 aliphatic heterocycles. The molecule has 0 heterocycles. The molecule has 0 aromatic carbocycles. The van der Waals surface area contributed by atoms with Crippen molar-refractivity contribution >= 4 is 60.9 Å². The predicted octanol–water partition coefficient (Wildman–Crippen LogP) is -3.34. The number of amides is 3. The van der Waals surface area contributed by atoms with Gasteiger partial charge in [-0.25, -0.2) is 4.79 Å². The lowest BCUT2D eigenvalue weighted by Crippen LogP contribution is -2.58. The molecular formula is C14H22N4O9S2. The standard InChI is InChI=1S/C14H22N4O9S2/c15-5(3-28)11(23)16-6(1-9(19)20)12(24)18-8(4-29)13(25)17-7(14(26)27)2-10(21)22/h5-8,28-29H,1-4,15H2,(H,16,23)(H,17,25)(H,18,24)(H,19,20)(H,21,22)(H,26,27). The minimum atomic E-state index is -1.76. The molecule has 0 spiro atoms. The molecule has 0 aliphatic carbocycles. The van der Waals surface area contributed by atoms with E-state index < -0.39 is 72.6 Å². The minimum Gasteiger partial charge on any atom is -0.481 e. The Labute approximate surface area is 175 Å². The average Bonchev–Trinajstić information content (AvgIpc) is 2.62. The van der Waals surface area contributed by atoms with Crippen molar-refractivity contribution in [3.63, 3.8) is 0 Å². The number of carbonyl (C=O) groups excluding carboxylic acids is 3. The second kappa shape index (κ2) is 12.8. The van der Waals surface area contributed by atoms with Gasteiger partial charge < -0.3 is 37.0 Å². The molecule has 0 aromatic rings. The Morgan fingerprint density at radius 1 is 0.690 bits per heavy atom. The second-order valence-corrected chi connectivity index (χ2v) is 6.42. The summed E-state index contributed by atoms with van der Waals surface area (Å²) in [6.07, 6.45) is -1.73. The Kier molecular flexibility index (Phi) is 11.7. The van der Waals surface area contributed by atoms with Gasteiger partial charge in [-0.05, 0) is 0 Å². The lowest BCUT2D eigenvalue weighted by atomic mass is 10.1. The summed E-state index contributed by atoms with van der Waals surface area (Å²) >= 11 is 7.67. The molecule has 29 heavy (non-hydrogen) atoms. The van der Waals surface area contributed by atoms with Crippen molar-refractivity contribution < 1.29 is 44.1 Å². The van der Waals surface area contributed by atoms with E-state index in [9.17, 15) is 28.8 Å². The molecular weight excluding hydrogens is 432 g/mol. The quantitative estimate of drug-likeness (QED) is 0.126. The highest BCUT2D eigenvalue weighted by molar-refractivity contribution is 7.80. The normalized spacial score (nSPS) is 14.6. The van der Waals surface area contributed by atoms with Crippen molar-refractivity contribution in [3.05, 3.63) is 0 Å². The van der Waals surface area contributed by atoms with E-state index in [4.69, 9.17) is 21.1 Å². The summed E-state index contributed by atoms with van der Waals surface area (Å²) in [5.74, 6) is -7.89. The van der Waals surface area contributed by atoms with Gasteiger partial charge in [0.15, 0.2) is 0 Å². The van der Waals surface area contributed by atoms with E-state index in [1.54, 1.807) is 0 Å². The van der Waals surface area contributed by atoms with Crippen molar-refractivity contribution in [1.82, 2.24) is 16.0 Å². The number of nitrogens with two attached hydrogens (primary N) is 1. The third kappa shape index (κ3) is 10.00. The van der Waals surface area contributed by atoms with Gasteiger partial charge in [-0.2, -0.15) is 25.3 Å². The van der Waals surface area contributed by atoms with Gasteiger partial charge in [0.05, 0.1) is 18.9 Å². The molecule has 13 nitrogen and oxygen atoms in total. The number of hydrogen-bond donors (Lipinski definition) is 9. The van der Waals surface area contributed by atoms with Crippen LogP contribution in [-0.4, -0.2) is 86.6 Å². The zero-order valence-electron chi connectivity index (χ0n) is 14.9. The van der Waals surface area contributed by atoms with E-state index in [1.807, 2.05) is 5.32 Å². The van der Waals surface area contributed by atoms with Crippen LogP contribution in [-0.2, 0) is 28.8 Å². The fourth-order valence-corrected chi connectivity index (χ4v) is 2.28. The summed E-state index contributed by atoms with van der Waals surface area (Å²) in [6.45, 7) is 0. The first-order valence-corrected chi connectivity index (χ1v) is 9.24. The third-order valence-electron chi connectivity index (χ3n) is 3.35. The molecule has 15 heteroatoms. The predicted molar refractivity (Wildman–Crippen MR) is 104 cm³/mol. The molecule has 0 fully saturated rings. The van der Waals surface area contributed by atoms with Crippen LogP contribution in [0.3, 0.4) is 0 Å². The van der Waals surface area contributed by atoms with Gasteiger partial charge in [0.2, 0.25) is 17.7 Å². The van der Waals surface area contributed by atoms with Crippen LogP contribution >= 0.6 is 25.3 Å². The van der Waals surface area contributed by atoms with Crippen molar-refractivity contribution in [2.45, 2.75) is 37.0 Å². The highest BCUT2D eigenvalue weighted by atomic mass is 32.1. The molecule has 0 radical (unpaired) electrons. The van der Waals surface area contributed by atoms with E-state index >= 15 is 0 Å². The van der Waals surface area contributed by atoms with E-state index in [0.29, 0.717) is 0 Å². The SMILES string of the molecule is NC(CS)C(=O)NC(CC(=O)O)C(=O)NC(CS)C(=O)NC(CC(=O)O)C(=O)O. The Bertz CT molecular complexity index is 661. The van der Waals surface area contributed by atoms with Crippen LogP contribution in [0.4, 0.5) is 0 Å². The van der Waals surface area contributed by atoms with Gasteiger partial charge in [0.25, 0.3) is 0 Å². The monoisotopic (exact) mass is 454 g/mol. The van der Waals surface area contributed by atoms with Gasteiger partial charge in [0, 0.05) is 11.5 Å². The molecule has 0 bridgehead atoms. The number of nitrogens with one attached hydrogen (secondary N) is 3. The summed E-state index contributed by atoms with van der Waals surface area (Å²) in [5.41, 5.74) is 5.45. The van der Waals surface area contributed by atoms with Crippen LogP contribution < -0.4 is 21.7 Å². The minimum absolute atomic E-state index is 0.0743. The summed E-state index contributed by atoms with van der Waals surface area (Å²) < 4.78 is 0. The summed E-state index contributed by atoms with van der Waals surface area (Å²) in [5, 5.41) is 32.7. The Balaban J connectivity index is 5.23. The van der Waals surface area contributed by atoms with Gasteiger partial charge in [0.1, 0.15) is 18.1 Å². The maximum absolute atomic E-state index is 12.3. The maximum Gasteiger partial charge on any atom is 0.326 e. The average molecular weight is 454 g/mol. The maximum atomic E-state index is 12.3. The number of carboxylic acids is 3. The van der Waals surface area contributed by atoms with E-state index in [-0.39, 0.29) is 11.5 Å². The third-order valence-corrected chi connectivity index (χ3v) is 4.11. The molecule has 4 atom stereocenters. The Morgan fingerprint density at radius 2 is 1.10 bits per heavy atom. The topological polar surface area (TPSA) is 225 Å². The summed E-state index contributed by atoms with van der Waals surface area (Å²) in [6, 6.07) is -5.90. The Morgan fingerprint density at radius 3 is 1.52 bits per heavy atom. The van der Waals surface area contributed by atoms with Crippen molar-refractivity contribution in [3.8, 4) is 0 Å². The van der Waals surface area contributed by atoms with Crippen molar-refractivity contribution in [2.24, 2.45) is 5.73 Å². The largest absolute Gasteiger partial charge is 0.481 e. The number of carbonyl (C=O) groups is 6. The highest BCUT2D eigenvalue weighted by Gasteiger charge is 2.31. The molecule has 0 aliphatic rings. The van der Waals surface area contributed by atoms with Crippen molar-refractivity contribution in [2.75, 3.05) is 11.5 Å². The molecule has 0 aromatic heterocycles. The van der Waals surface area contributed by atoms with Crippen LogP contribution in [0.1, 0.15) is 12.8 Å². The van der Waals surface area contributed by atoms with Crippen LogP contribution in [0, 0.1) is 0 Å². The first-order valence-electron chi connectivity index (χ1n) is 7.97. The number of rotatable bonds is 13. The first-order chi connectivity index (χ1) is 13.4. The molecule has 4 unspecified atom stereocenters. The second-order valence-electron chi connectivity index (χ2n) is 5.69. The fraction of sp³-hybridized carbons (Fsp3) is 0.571. The van der Waals surface area contributed by atoms with E-state index in [2.05, 4.69) is 35.9 Å². The van der Waals surface area contributed by atoms with Crippen LogP contribution in [0.2, 0.25) is 0 Å². The number of aliphatic carboxylic acids is 3.